The van der Waals surface area contributed by atoms with Crippen molar-refractivity contribution in [3.8, 4) is 11.3 Å². The predicted octanol–water partition coefficient (Wildman–Crippen LogP) is 3.06. The Balaban J connectivity index is 1.47. The van der Waals surface area contributed by atoms with Crippen molar-refractivity contribution < 1.29 is 9.59 Å². The fourth-order valence-electron chi connectivity index (χ4n) is 2.86. The van der Waals surface area contributed by atoms with Gasteiger partial charge in [0.05, 0.1) is 5.69 Å². The maximum Gasteiger partial charge on any atom is 0.288 e. The number of carbonyl (C=O) groups excluding carboxylic acids is 2. The van der Waals surface area contributed by atoms with E-state index in [-0.39, 0.29) is 5.69 Å². The molecule has 0 atom stereocenters. The molecule has 4 rings (SSSR count). The number of amides is 2. The Morgan fingerprint density at radius 2 is 1.72 bits per heavy atom. The van der Waals surface area contributed by atoms with Crippen molar-refractivity contribution in [1.82, 2.24) is 30.8 Å². The first-order valence-electron chi connectivity index (χ1n) is 9.73. The van der Waals surface area contributed by atoms with Crippen LogP contribution in [0.1, 0.15) is 26.4 Å². The Morgan fingerprint density at radius 1 is 0.844 bits per heavy atom. The molecular weight excluding hydrogens is 406 g/mol. The highest BCUT2D eigenvalue weighted by Crippen LogP contribution is 2.22. The average Bonchev–Trinajstić information content (AvgIpc) is 2.85. The standard InChI is InChI=1S/C23H19N7O2/c1-15-7-8-16(21(31)29-30-22(32)19-6-2-3-11-25-19)13-20(15)28-23-26-12-9-18(27-23)17-5-4-10-24-14-17/h2-14H,1H3,(H,29,31)(H,30,32)(H,26,27,28). The average molecular weight is 425 g/mol. The lowest BCUT2D eigenvalue weighted by molar-refractivity contribution is 0.0844. The zero-order valence-electron chi connectivity index (χ0n) is 17.1. The van der Waals surface area contributed by atoms with Crippen molar-refractivity contribution in [1.29, 1.82) is 0 Å². The van der Waals surface area contributed by atoms with Gasteiger partial charge in [0.25, 0.3) is 11.8 Å². The van der Waals surface area contributed by atoms with E-state index in [1.807, 2.05) is 19.1 Å². The van der Waals surface area contributed by atoms with Crippen LogP contribution in [-0.2, 0) is 0 Å². The van der Waals surface area contributed by atoms with Gasteiger partial charge >= 0.3 is 0 Å². The van der Waals surface area contributed by atoms with Gasteiger partial charge in [0, 0.05) is 41.6 Å². The highest BCUT2D eigenvalue weighted by Gasteiger charge is 2.12. The Morgan fingerprint density at radius 3 is 2.50 bits per heavy atom. The van der Waals surface area contributed by atoms with E-state index in [0.29, 0.717) is 17.2 Å². The molecule has 0 bridgehead atoms. The van der Waals surface area contributed by atoms with Crippen LogP contribution in [0.2, 0.25) is 0 Å². The Labute approximate surface area is 184 Å². The summed E-state index contributed by atoms with van der Waals surface area (Å²) in [6.07, 6.45) is 6.57. The molecule has 4 aromatic rings. The van der Waals surface area contributed by atoms with Gasteiger partial charge in [-0.15, -0.1) is 0 Å². The number of hydrogen-bond acceptors (Lipinski definition) is 7. The molecule has 2 amide bonds. The summed E-state index contributed by atoms with van der Waals surface area (Å²) < 4.78 is 0. The van der Waals surface area contributed by atoms with E-state index in [0.717, 1.165) is 16.8 Å². The molecule has 9 nitrogen and oxygen atoms in total. The fourth-order valence-corrected chi connectivity index (χ4v) is 2.86. The quantitative estimate of drug-likeness (QED) is 0.420. The number of nitrogens with zero attached hydrogens (tertiary/aromatic N) is 4. The van der Waals surface area contributed by atoms with Crippen molar-refractivity contribution in [3.63, 3.8) is 0 Å². The molecule has 0 aliphatic rings. The van der Waals surface area contributed by atoms with E-state index in [9.17, 15) is 9.59 Å². The third-order valence-electron chi connectivity index (χ3n) is 4.55. The van der Waals surface area contributed by atoms with E-state index >= 15 is 0 Å². The molecule has 0 unspecified atom stereocenters. The van der Waals surface area contributed by atoms with Gasteiger partial charge in [-0.3, -0.25) is 30.4 Å². The van der Waals surface area contributed by atoms with E-state index in [2.05, 4.69) is 36.1 Å². The van der Waals surface area contributed by atoms with Crippen LogP contribution < -0.4 is 16.2 Å². The number of anilines is 2. The van der Waals surface area contributed by atoms with Gasteiger partial charge in [-0.25, -0.2) is 9.97 Å². The lowest BCUT2D eigenvalue weighted by atomic mass is 10.1. The summed E-state index contributed by atoms with van der Waals surface area (Å²) >= 11 is 0. The number of aromatic nitrogens is 4. The third kappa shape index (κ3) is 4.90. The smallest absolute Gasteiger partial charge is 0.288 e. The number of benzene rings is 1. The van der Waals surface area contributed by atoms with Crippen LogP contribution in [0.4, 0.5) is 11.6 Å². The van der Waals surface area contributed by atoms with Crippen LogP contribution in [0.25, 0.3) is 11.3 Å². The molecule has 0 aliphatic heterocycles. The number of nitrogens with one attached hydrogen (secondary N) is 3. The molecule has 0 aliphatic carbocycles. The topological polar surface area (TPSA) is 122 Å². The molecule has 0 saturated heterocycles. The minimum atomic E-state index is -0.509. The van der Waals surface area contributed by atoms with Crippen LogP contribution in [0.15, 0.2) is 79.4 Å². The minimum absolute atomic E-state index is 0.199. The number of hydrogen-bond donors (Lipinski definition) is 3. The molecule has 3 heterocycles. The maximum absolute atomic E-state index is 12.5. The minimum Gasteiger partial charge on any atom is -0.324 e. The molecule has 0 radical (unpaired) electrons. The molecule has 9 heteroatoms. The van der Waals surface area contributed by atoms with Crippen molar-refractivity contribution in [3.05, 3.63) is 96.2 Å². The zero-order valence-corrected chi connectivity index (χ0v) is 17.1. The largest absolute Gasteiger partial charge is 0.324 e. The first-order chi connectivity index (χ1) is 15.6. The van der Waals surface area contributed by atoms with Crippen molar-refractivity contribution in [2.45, 2.75) is 6.92 Å². The number of carbonyl (C=O) groups is 2. The SMILES string of the molecule is Cc1ccc(C(=O)NNC(=O)c2ccccn2)cc1Nc1nccc(-c2cccnc2)n1. The van der Waals surface area contributed by atoms with Gasteiger partial charge in [0.1, 0.15) is 5.69 Å². The fraction of sp³-hybridized carbons (Fsp3) is 0.0435. The second-order valence-electron chi connectivity index (χ2n) is 6.79. The third-order valence-corrected chi connectivity index (χ3v) is 4.55. The summed E-state index contributed by atoms with van der Waals surface area (Å²) in [6, 6.07) is 15.6. The van der Waals surface area contributed by atoms with Gasteiger partial charge in [-0.1, -0.05) is 12.1 Å². The van der Waals surface area contributed by atoms with Crippen molar-refractivity contribution in [2.75, 3.05) is 5.32 Å². The van der Waals surface area contributed by atoms with Crippen molar-refractivity contribution in [2.24, 2.45) is 0 Å². The lowest BCUT2D eigenvalue weighted by Gasteiger charge is -2.12. The van der Waals surface area contributed by atoms with Crippen LogP contribution in [0.5, 0.6) is 0 Å². The predicted molar refractivity (Wildman–Crippen MR) is 119 cm³/mol. The van der Waals surface area contributed by atoms with E-state index in [4.69, 9.17) is 0 Å². The summed E-state index contributed by atoms with van der Waals surface area (Å²) in [5.74, 6) is -0.595. The highest BCUT2D eigenvalue weighted by molar-refractivity contribution is 5.99. The molecule has 0 saturated carbocycles. The maximum atomic E-state index is 12.5. The normalized spacial score (nSPS) is 10.3. The van der Waals surface area contributed by atoms with E-state index in [1.165, 1.54) is 6.20 Å². The van der Waals surface area contributed by atoms with Crippen LogP contribution in [-0.4, -0.2) is 31.8 Å². The summed E-state index contributed by atoms with van der Waals surface area (Å²) in [5.41, 5.74) is 8.45. The number of aryl methyl sites for hydroxylation is 1. The molecular formula is C23H19N7O2. The Kier molecular flexibility index (Phi) is 6.08. The van der Waals surface area contributed by atoms with Crippen molar-refractivity contribution >= 4 is 23.5 Å². The summed E-state index contributed by atoms with van der Waals surface area (Å²) in [5, 5.41) is 3.15. The monoisotopic (exact) mass is 425 g/mol. The summed E-state index contributed by atoms with van der Waals surface area (Å²) in [4.78, 5) is 41.4. The first-order valence-corrected chi connectivity index (χ1v) is 9.73. The Bertz CT molecular complexity index is 1250. The lowest BCUT2D eigenvalue weighted by Crippen LogP contribution is -2.41. The Hall–Kier alpha value is -4.66. The van der Waals surface area contributed by atoms with Crippen LogP contribution in [0, 0.1) is 6.92 Å². The molecule has 3 N–H and O–H groups in total. The molecule has 3 aromatic heterocycles. The highest BCUT2D eigenvalue weighted by atomic mass is 16.2. The zero-order chi connectivity index (χ0) is 22.3. The number of hydrazine groups is 1. The molecule has 158 valence electrons. The molecule has 0 fully saturated rings. The number of pyridine rings is 2. The van der Waals surface area contributed by atoms with Crippen LogP contribution in [0.3, 0.4) is 0 Å². The first kappa shape index (κ1) is 20.6. The molecule has 1 aromatic carbocycles. The summed E-state index contributed by atoms with van der Waals surface area (Å²) in [7, 11) is 0. The van der Waals surface area contributed by atoms with Gasteiger partial charge in [-0.2, -0.15) is 0 Å². The van der Waals surface area contributed by atoms with Gasteiger partial charge in [-0.05, 0) is 55.0 Å². The van der Waals surface area contributed by atoms with Gasteiger partial charge in [0.2, 0.25) is 5.95 Å². The molecule has 32 heavy (non-hydrogen) atoms. The molecule has 0 spiro atoms. The van der Waals surface area contributed by atoms with Gasteiger partial charge in [0.15, 0.2) is 0 Å². The summed E-state index contributed by atoms with van der Waals surface area (Å²) in [6.45, 7) is 1.90. The number of rotatable bonds is 5. The second kappa shape index (κ2) is 9.43. The van der Waals surface area contributed by atoms with Gasteiger partial charge < -0.3 is 5.32 Å². The van der Waals surface area contributed by atoms with E-state index in [1.54, 1.807) is 61.1 Å². The van der Waals surface area contributed by atoms with Crippen LogP contribution >= 0.6 is 0 Å². The van der Waals surface area contributed by atoms with E-state index < -0.39 is 11.8 Å². The second-order valence-corrected chi connectivity index (χ2v) is 6.79.